The van der Waals surface area contributed by atoms with Crippen LogP contribution in [0.1, 0.15) is 18.9 Å². The van der Waals surface area contributed by atoms with Crippen LogP contribution in [0.4, 0.5) is 0 Å². The Morgan fingerprint density at radius 3 is 2.65 bits per heavy atom. The van der Waals surface area contributed by atoms with Gasteiger partial charge >= 0.3 is 5.97 Å². The molecule has 0 atom stereocenters. The zero-order valence-electron chi connectivity index (χ0n) is 11.6. The van der Waals surface area contributed by atoms with Gasteiger partial charge in [-0.15, -0.1) is 0 Å². The summed E-state index contributed by atoms with van der Waals surface area (Å²) in [5.74, 6) is -0.791. The molecule has 110 valence electrons. The molecule has 1 aromatic rings. The van der Waals surface area contributed by atoms with Crippen LogP contribution < -0.4 is 4.74 Å². The first-order valence-corrected chi connectivity index (χ1v) is 7.11. The van der Waals surface area contributed by atoms with Crippen LogP contribution >= 0.6 is 15.9 Å². The summed E-state index contributed by atoms with van der Waals surface area (Å²) in [5, 5.41) is 8.78. The van der Waals surface area contributed by atoms with E-state index in [1.54, 1.807) is 6.07 Å². The quantitative estimate of drug-likeness (QED) is 0.825. The Morgan fingerprint density at radius 2 is 2.10 bits per heavy atom. The van der Waals surface area contributed by atoms with Gasteiger partial charge in [0.2, 0.25) is 0 Å². The molecule has 5 nitrogen and oxygen atoms in total. The molecule has 0 heterocycles. The van der Waals surface area contributed by atoms with Gasteiger partial charge in [-0.25, -0.2) is 0 Å². The van der Waals surface area contributed by atoms with Gasteiger partial charge in [-0.2, -0.15) is 0 Å². The summed E-state index contributed by atoms with van der Waals surface area (Å²) in [6, 6.07) is 5.54. The summed E-state index contributed by atoms with van der Waals surface area (Å²) in [4.78, 5) is 23.9. The number of carboxylic acid groups (broad SMARTS) is 1. The van der Waals surface area contributed by atoms with Crippen LogP contribution in [-0.4, -0.2) is 41.6 Å². The van der Waals surface area contributed by atoms with E-state index >= 15 is 0 Å². The molecular weight excluding hydrogens is 326 g/mol. The number of amides is 1. The van der Waals surface area contributed by atoms with Gasteiger partial charge in [0.1, 0.15) is 12.3 Å². The Kier molecular flexibility index (Phi) is 6.51. The fraction of sp³-hybridized carbons (Fsp3) is 0.429. The molecule has 0 aliphatic rings. The molecule has 0 fully saturated rings. The molecule has 0 bridgehead atoms. The maximum absolute atomic E-state index is 11.9. The van der Waals surface area contributed by atoms with Crippen LogP contribution in [0.15, 0.2) is 22.7 Å². The Labute approximate surface area is 126 Å². The van der Waals surface area contributed by atoms with Crippen LogP contribution in [0, 0.1) is 6.92 Å². The zero-order chi connectivity index (χ0) is 15.1. The van der Waals surface area contributed by atoms with Gasteiger partial charge in [-0.3, -0.25) is 9.59 Å². The molecule has 1 N–H and O–H groups in total. The molecule has 0 aromatic heterocycles. The minimum absolute atomic E-state index is 0.172. The fourth-order valence-corrected chi connectivity index (χ4v) is 2.29. The number of halogens is 1. The van der Waals surface area contributed by atoms with Gasteiger partial charge in [0, 0.05) is 6.54 Å². The molecule has 1 aromatic carbocycles. The monoisotopic (exact) mass is 343 g/mol. The average molecular weight is 344 g/mol. The summed E-state index contributed by atoms with van der Waals surface area (Å²) in [7, 11) is 0. The van der Waals surface area contributed by atoms with E-state index in [1.165, 1.54) is 4.90 Å². The largest absolute Gasteiger partial charge is 0.483 e. The van der Waals surface area contributed by atoms with Crippen molar-refractivity contribution in [3.8, 4) is 5.75 Å². The Morgan fingerprint density at radius 1 is 1.40 bits per heavy atom. The van der Waals surface area contributed by atoms with Gasteiger partial charge in [0.05, 0.1) is 4.47 Å². The van der Waals surface area contributed by atoms with Crippen molar-refractivity contribution in [1.82, 2.24) is 4.90 Å². The molecule has 6 heteroatoms. The second-order valence-corrected chi connectivity index (χ2v) is 5.29. The minimum atomic E-state index is -1.02. The van der Waals surface area contributed by atoms with E-state index in [0.29, 0.717) is 18.7 Å². The SMILES string of the molecule is CCCN(CC(=O)O)C(=O)COc1ccc(C)cc1Br. The summed E-state index contributed by atoms with van der Waals surface area (Å²) >= 11 is 3.36. The molecule has 1 amide bonds. The first kappa shape index (κ1) is 16.5. The average Bonchev–Trinajstić information content (AvgIpc) is 2.36. The van der Waals surface area contributed by atoms with E-state index in [1.807, 2.05) is 26.0 Å². The van der Waals surface area contributed by atoms with Crippen molar-refractivity contribution in [2.75, 3.05) is 19.7 Å². The topological polar surface area (TPSA) is 66.8 Å². The van der Waals surface area contributed by atoms with Crippen LogP contribution in [-0.2, 0) is 9.59 Å². The van der Waals surface area contributed by atoms with E-state index in [-0.39, 0.29) is 19.1 Å². The van der Waals surface area contributed by atoms with Gasteiger partial charge in [-0.1, -0.05) is 13.0 Å². The van der Waals surface area contributed by atoms with Crippen molar-refractivity contribution in [1.29, 1.82) is 0 Å². The number of carbonyl (C=O) groups excluding carboxylic acids is 1. The number of hydrogen-bond acceptors (Lipinski definition) is 3. The third kappa shape index (κ3) is 5.21. The molecule has 0 unspecified atom stereocenters. The summed E-state index contributed by atoms with van der Waals surface area (Å²) in [6.07, 6.45) is 0.702. The summed E-state index contributed by atoms with van der Waals surface area (Å²) < 4.78 is 6.20. The molecule has 0 aliphatic heterocycles. The number of aliphatic carboxylic acids is 1. The number of rotatable bonds is 7. The van der Waals surface area contributed by atoms with Crippen molar-refractivity contribution in [3.63, 3.8) is 0 Å². The lowest BCUT2D eigenvalue weighted by atomic mass is 10.2. The third-order valence-corrected chi connectivity index (χ3v) is 3.23. The molecule has 20 heavy (non-hydrogen) atoms. The summed E-state index contributed by atoms with van der Waals surface area (Å²) in [5.41, 5.74) is 1.08. The molecule has 0 saturated carbocycles. The van der Waals surface area contributed by atoms with Crippen molar-refractivity contribution in [3.05, 3.63) is 28.2 Å². The summed E-state index contributed by atoms with van der Waals surface area (Å²) in [6.45, 7) is 3.78. The molecule has 1 rings (SSSR count). The number of carboxylic acids is 1. The maximum atomic E-state index is 11.9. The number of aryl methyl sites for hydroxylation is 1. The highest BCUT2D eigenvalue weighted by molar-refractivity contribution is 9.10. The third-order valence-electron chi connectivity index (χ3n) is 2.61. The lowest BCUT2D eigenvalue weighted by Crippen LogP contribution is -2.39. The first-order valence-electron chi connectivity index (χ1n) is 6.32. The van der Waals surface area contributed by atoms with Crippen LogP contribution in [0.25, 0.3) is 0 Å². The van der Waals surface area contributed by atoms with Gasteiger partial charge < -0.3 is 14.7 Å². The van der Waals surface area contributed by atoms with Crippen molar-refractivity contribution in [2.45, 2.75) is 20.3 Å². The highest BCUT2D eigenvalue weighted by Gasteiger charge is 2.16. The van der Waals surface area contributed by atoms with Crippen LogP contribution in [0.3, 0.4) is 0 Å². The Hall–Kier alpha value is -1.56. The van der Waals surface area contributed by atoms with Gasteiger partial charge in [0.15, 0.2) is 6.61 Å². The smallest absolute Gasteiger partial charge is 0.323 e. The van der Waals surface area contributed by atoms with Crippen molar-refractivity contribution < 1.29 is 19.4 Å². The predicted octanol–water partition coefficient (Wildman–Crippen LogP) is 2.46. The molecule has 0 spiro atoms. The van der Waals surface area contributed by atoms with E-state index in [2.05, 4.69) is 15.9 Å². The normalized spacial score (nSPS) is 10.2. The predicted molar refractivity (Wildman–Crippen MR) is 78.9 cm³/mol. The van der Waals surface area contributed by atoms with Gasteiger partial charge in [-0.05, 0) is 47.0 Å². The maximum Gasteiger partial charge on any atom is 0.323 e. The Balaban J connectivity index is 2.62. The number of carbonyl (C=O) groups is 2. The first-order chi connectivity index (χ1) is 9.43. The number of ether oxygens (including phenoxy) is 1. The standard InChI is InChI=1S/C14H18BrNO4/c1-3-6-16(8-14(18)19)13(17)9-20-12-5-4-10(2)7-11(12)15/h4-5,7H,3,6,8-9H2,1-2H3,(H,18,19). The van der Waals surface area contributed by atoms with Crippen LogP contribution in [0.5, 0.6) is 5.75 Å². The van der Waals surface area contributed by atoms with E-state index in [4.69, 9.17) is 9.84 Å². The lowest BCUT2D eigenvalue weighted by Gasteiger charge is -2.20. The van der Waals surface area contributed by atoms with Crippen molar-refractivity contribution >= 4 is 27.8 Å². The second kappa shape index (κ2) is 7.89. The molecule has 0 radical (unpaired) electrons. The lowest BCUT2D eigenvalue weighted by molar-refractivity contribution is -0.145. The van der Waals surface area contributed by atoms with E-state index in [9.17, 15) is 9.59 Å². The number of hydrogen-bond donors (Lipinski definition) is 1. The van der Waals surface area contributed by atoms with Crippen molar-refractivity contribution in [2.24, 2.45) is 0 Å². The van der Waals surface area contributed by atoms with E-state index < -0.39 is 5.97 Å². The number of nitrogens with zero attached hydrogens (tertiary/aromatic N) is 1. The molecular formula is C14H18BrNO4. The second-order valence-electron chi connectivity index (χ2n) is 4.43. The zero-order valence-corrected chi connectivity index (χ0v) is 13.1. The minimum Gasteiger partial charge on any atom is -0.483 e. The number of benzene rings is 1. The fourth-order valence-electron chi connectivity index (χ4n) is 1.68. The highest BCUT2D eigenvalue weighted by Crippen LogP contribution is 2.25. The van der Waals surface area contributed by atoms with Gasteiger partial charge in [0.25, 0.3) is 5.91 Å². The Bertz CT molecular complexity index is 490. The highest BCUT2D eigenvalue weighted by atomic mass is 79.9. The molecule has 0 saturated heterocycles. The molecule has 0 aliphatic carbocycles. The van der Waals surface area contributed by atoms with E-state index in [0.717, 1.165) is 10.0 Å². The van der Waals surface area contributed by atoms with Crippen LogP contribution in [0.2, 0.25) is 0 Å².